The SMILES string of the molecule is CC(I)Nc1ccc(Cl)c(CO)c1. The summed E-state index contributed by atoms with van der Waals surface area (Å²) >= 11 is 8.12. The standard InChI is InChI=1S/C9H11ClINO/c1-6(11)12-8-2-3-9(10)7(4-8)5-13/h2-4,6,12-13H,5H2,1H3. The molecule has 0 aliphatic heterocycles. The zero-order valence-electron chi connectivity index (χ0n) is 7.22. The van der Waals surface area contributed by atoms with Crippen LogP contribution in [-0.2, 0) is 6.61 Å². The van der Waals surface area contributed by atoms with Gasteiger partial charge >= 0.3 is 0 Å². The molecule has 13 heavy (non-hydrogen) atoms. The van der Waals surface area contributed by atoms with Crippen LogP contribution in [0.5, 0.6) is 0 Å². The lowest BCUT2D eigenvalue weighted by atomic mass is 10.2. The topological polar surface area (TPSA) is 32.3 Å². The van der Waals surface area contributed by atoms with Gasteiger partial charge in [-0.3, -0.25) is 0 Å². The number of rotatable bonds is 3. The molecule has 4 heteroatoms. The van der Waals surface area contributed by atoms with Crippen molar-refractivity contribution in [2.45, 2.75) is 17.6 Å². The Labute approximate surface area is 96.4 Å². The molecule has 72 valence electrons. The van der Waals surface area contributed by atoms with Gasteiger partial charge in [-0.05, 0) is 30.7 Å². The predicted octanol–water partition coefficient (Wildman–Crippen LogP) is 3.03. The number of aliphatic hydroxyl groups is 1. The molecule has 0 radical (unpaired) electrons. The van der Waals surface area contributed by atoms with E-state index in [1.165, 1.54) is 0 Å². The molecule has 0 aliphatic carbocycles. The average molecular weight is 312 g/mol. The van der Waals surface area contributed by atoms with Crippen molar-refractivity contribution >= 4 is 39.9 Å². The van der Waals surface area contributed by atoms with Crippen LogP contribution in [0.2, 0.25) is 5.02 Å². The lowest BCUT2D eigenvalue weighted by Crippen LogP contribution is -2.06. The quantitative estimate of drug-likeness (QED) is 0.511. The molecule has 0 heterocycles. The normalized spacial score (nSPS) is 12.6. The molecular formula is C9H11ClINO. The van der Waals surface area contributed by atoms with E-state index in [-0.39, 0.29) is 6.61 Å². The van der Waals surface area contributed by atoms with Crippen molar-refractivity contribution < 1.29 is 5.11 Å². The Kier molecular flexibility index (Phi) is 4.28. The molecule has 1 aromatic carbocycles. The predicted molar refractivity (Wildman–Crippen MR) is 64.5 cm³/mol. The summed E-state index contributed by atoms with van der Waals surface area (Å²) in [7, 11) is 0. The fraction of sp³-hybridized carbons (Fsp3) is 0.333. The fourth-order valence-electron chi connectivity index (χ4n) is 1.02. The van der Waals surface area contributed by atoms with Gasteiger partial charge in [0.2, 0.25) is 0 Å². The Morgan fingerprint density at radius 2 is 2.31 bits per heavy atom. The van der Waals surface area contributed by atoms with Crippen LogP contribution in [0.4, 0.5) is 5.69 Å². The van der Waals surface area contributed by atoms with Gasteiger partial charge < -0.3 is 10.4 Å². The third-order valence-electron chi connectivity index (χ3n) is 1.58. The maximum Gasteiger partial charge on any atom is 0.0752 e. The number of nitrogens with one attached hydrogen (secondary N) is 1. The van der Waals surface area contributed by atoms with Gasteiger partial charge in [-0.2, -0.15) is 0 Å². The number of hydrogen-bond acceptors (Lipinski definition) is 2. The van der Waals surface area contributed by atoms with Crippen molar-refractivity contribution in [2.75, 3.05) is 5.32 Å². The van der Waals surface area contributed by atoms with Crippen LogP contribution in [0.3, 0.4) is 0 Å². The highest BCUT2D eigenvalue weighted by Crippen LogP contribution is 2.21. The fourth-order valence-corrected chi connectivity index (χ4v) is 1.55. The Morgan fingerprint density at radius 1 is 1.62 bits per heavy atom. The van der Waals surface area contributed by atoms with Crippen LogP contribution < -0.4 is 5.32 Å². The smallest absolute Gasteiger partial charge is 0.0752 e. The summed E-state index contributed by atoms with van der Waals surface area (Å²) in [6.07, 6.45) is 0. The third kappa shape index (κ3) is 3.32. The molecule has 2 N–H and O–H groups in total. The summed E-state index contributed by atoms with van der Waals surface area (Å²) in [5.74, 6) is 0. The van der Waals surface area contributed by atoms with E-state index in [0.717, 1.165) is 11.3 Å². The number of alkyl halides is 1. The van der Waals surface area contributed by atoms with Crippen LogP contribution in [0.25, 0.3) is 0 Å². The molecule has 0 bridgehead atoms. The van der Waals surface area contributed by atoms with E-state index < -0.39 is 0 Å². The first-order valence-corrected chi connectivity index (χ1v) is 5.55. The maximum absolute atomic E-state index is 8.96. The van der Waals surface area contributed by atoms with Crippen molar-refractivity contribution in [3.63, 3.8) is 0 Å². The number of aliphatic hydroxyl groups excluding tert-OH is 1. The largest absolute Gasteiger partial charge is 0.392 e. The zero-order chi connectivity index (χ0) is 9.84. The molecule has 2 nitrogen and oxygen atoms in total. The highest BCUT2D eigenvalue weighted by Gasteiger charge is 2.01. The van der Waals surface area contributed by atoms with Gasteiger partial charge in [-0.1, -0.05) is 34.2 Å². The van der Waals surface area contributed by atoms with E-state index in [0.29, 0.717) is 9.07 Å². The van der Waals surface area contributed by atoms with E-state index in [1.54, 1.807) is 6.07 Å². The van der Waals surface area contributed by atoms with Gasteiger partial charge in [0.15, 0.2) is 0 Å². The molecule has 1 unspecified atom stereocenters. The van der Waals surface area contributed by atoms with Crippen LogP contribution >= 0.6 is 34.2 Å². The molecule has 1 aromatic rings. The molecular weight excluding hydrogens is 300 g/mol. The molecule has 1 rings (SSSR count). The second-order valence-electron chi connectivity index (χ2n) is 2.72. The third-order valence-corrected chi connectivity index (χ3v) is 2.26. The van der Waals surface area contributed by atoms with Crippen LogP contribution in [0.15, 0.2) is 18.2 Å². The summed E-state index contributed by atoms with van der Waals surface area (Å²) < 4.78 is 0.352. The summed E-state index contributed by atoms with van der Waals surface area (Å²) in [6, 6.07) is 5.54. The average Bonchev–Trinajstić information content (AvgIpc) is 2.07. The van der Waals surface area contributed by atoms with Crippen molar-refractivity contribution in [1.82, 2.24) is 0 Å². The summed E-state index contributed by atoms with van der Waals surface area (Å²) in [5, 5.41) is 12.8. The van der Waals surface area contributed by atoms with E-state index in [4.69, 9.17) is 16.7 Å². The minimum Gasteiger partial charge on any atom is -0.392 e. The Bertz CT molecular complexity index is 291. The summed E-state index contributed by atoms with van der Waals surface area (Å²) in [5.41, 5.74) is 1.74. The maximum atomic E-state index is 8.96. The lowest BCUT2D eigenvalue weighted by molar-refractivity contribution is 0.282. The second kappa shape index (κ2) is 5.02. The first kappa shape index (κ1) is 11.1. The molecule has 0 aliphatic rings. The van der Waals surface area contributed by atoms with Gasteiger partial charge in [0, 0.05) is 10.7 Å². The number of halogens is 2. The minimum atomic E-state index is -0.0238. The van der Waals surface area contributed by atoms with Crippen molar-refractivity contribution in [1.29, 1.82) is 0 Å². The number of anilines is 1. The van der Waals surface area contributed by atoms with Gasteiger partial charge in [0.05, 0.1) is 10.7 Å². The first-order chi connectivity index (χ1) is 6.13. The van der Waals surface area contributed by atoms with Gasteiger partial charge in [-0.15, -0.1) is 0 Å². The minimum absolute atomic E-state index is 0.0238. The zero-order valence-corrected chi connectivity index (χ0v) is 10.1. The number of benzene rings is 1. The van der Waals surface area contributed by atoms with Crippen LogP contribution in [-0.4, -0.2) is 9.16 Å². The van der Waals surface area contributed by atoms with Gasteiger partial charge in [0.1, 0.15) is 0 Å². The Balaban J connectivity index is 2.86. The van der Waals surface area contributed by atoms with E-state index in [2.05, 4.69) is 27.9 Å². The highest BCUT2D eigenvalue weighted by molar-refractivity contribution is 14.1. The summed E-state index contributed by atoms with van der Waals surface area (Å²) in [6.45, 7) is 2.03. The van der Waals surface area contributed by atoms with Crippen LogP contribution in [0.1, 0.15) is 12.5 Å². The molecule has 0 spiro atoms. The Hall–Kier alpha value is -0.0000000000000000278. The molecule has 0 saturated heterocycles. The molecule has 1 atom stereocenters. The molecule has 0 saturated carbocycles. The van der Waals surface area contributed by atoms with E-state index in [9.17, 15) is 0 Å². The summed E-state index contributed by atoms with van der Waals surface area (Å²) in [4.78, 5) is 0. The second-order valence-corrected chi connectivity index (χ2v) is 5.00. The highest BCUT2D eigenvalue weighted by atomic mass is 127. The monoisotopic (exact) mass is 311 g/mol. The van der Waals surface area contributed by atoms with Crippen molar-refractivity contribution in [3.05, 3.63) is 28.8 Å². The van der Waals surface area contributed by atoms with Gasteiger partial charge in [0.25, 0.3) is 0 Å². The lowest BCUT2D eigenvalue weighted by Gasteiger charge is -2.10. The van der Waals surface area contributed by atoms with E-state index in [1.807, 2.05) is 19.1 Å². The van der Waals surface area contributed by atoms with Crippen molar-refractivity contribution in [2.24, 2.45) is 0 Å². The van der Waals surface area contributed by atoms with E-state index >= 15 is 0 Å². The Morgan fingerprint density at radius 3 is 2.85 bits per heavy atom. The molecule has 0 aromatic heterocycles. The van der Waals surface area contributed by atoms with Crippen LogP contribution in [0, 0.1) is 0 Å². The molecule has 0 amide bonds. The first-order valence-electron chi connectivity index (χ1n) is 3.93. The molecule has 0 fully saturated rings. The van der Waals surface area contributed by atoms with Crippen molar-refractivity contribution in [3.8, 4) is 0 Å². The number of hydrogen-bond donors (Lipinski definition) is 2. The van der Waals surface area contributed by atoms with Gasteiger partial charge in [-0.25, -0.2) is 0 Å².